The third-order valence-corrected chi connectivity index (χ3v) is 1.42. The summed E-state index contributed by atoms with van der Waals surface area (Å²) < 4.78 is 0. The number of carbonyl (C=O) groups excluding carboxylic acids is 1. The van der Waals surface area contributed by atoms with Crippen molar-refractivity contribution in [3.05, 3.63) is 0 Å². The first kappa shape index (κ1) is 11.5. The number of hydrogen-bond acceptors (Lipinski definition) is 6. The Labute approximate surface area is 68.7 Å². The lowest BCUT2D eigenvalue weighted by atomic mass is 10.0. The van der Waals surface area contributed by atoms with Gasteiger partial charge >= 0.3 is 0 Å². The van der Waals surface area contributed by atoms with Gasteiger partial charge in [0.05, 0.1) is 6.61 Å². The predicted molar refractivity (Wildman–Crippen MR) is 37.2 cm³/mol. The van der Waals surface area contributed by atoms with Gasteiger partial charge in [-0.1, -0.05) is 0 Å². The highest BCUT2D eigenvalue weighted by Crippen LogP contribution is 2.02. The molecule has 0 saturated carbocycles. The molecule has 12 heavy (non-hydrogen) atoms. The summed E-state index contributed by atoms with van der Waals surface area (Å²) in [5.74, 6) is 0. The lowest BCUT2D eigenvalue weighted by Crippen LogP contribution is -2.46. The molecular weight excluding hydrogens is 170 g/mol. The van der Waals surface area contributed by atoms with Gasteiger partial charge in [0.1, 0.15) is 24.4 Å². The molecule has 6 nitrogen and oxygen atoms in total. The van der Waals surface area contributed by atoms with Crippen LogP contribution in [0.1, 0.15) is 0 Å². The van der Waals surface area contributed by atoms with E-state index in [-0.39, 0.29) is 6.29 Å². The Morgan fingerprint density at radius 1 is 1.08 bits per heavy atom. The van der Waals surface area contributed by atoms with Crippen LogP contribution in [-0.2, 0) is 4.79 Å². The SMILES string of the molecule is OC[C@@H](O)[C@@H](O)[C@H](O)[C@@H](O)C=[18O]. The van der Waals surface area contributed by atoms with Gasteiger partial charge in [-0.2, -0.15) is 0 Å². The first-order chi connectivity index (χ1) is 5.54. The molecule has 0 aromatic heterocycles. The Morgan fingerprint density at radius 2 is 1.58 bits per heavy atom. The van der Waals surface area contributed by atoms with Crippen molar-refractivity contribution in [3.63, 3.8) is 0 Å². The summed E-state index contributed by atoms with van der Waals surface area (Å²) in [5.41, 5.74) is 0. The Morgan fingerprint density at radius 3 is 1.92 bits per heavy atom. The molecule has 0 aliphatic heterocycles. The summed E-state index contributed by atoms with van der Waals surface area (Å²) in [4.78, 5) is 9.90. The number of rotatable bonds is 5. The Bertz CT molecular complexity index is 138. The second kappa shape index (κ2) is 5.18. The van der Waals surface area contributed by atoms with Crippen molar-refractivity contribution >= 4 is 6.29 Å². The van der Waals surface area contributed by atoms with Gasteiger partial charge in [0.25, 0.3) is 0 Å². The van der Waals surface area contributed by atoms with E-state index in [1.807, 2.05) is 0 Å². The lowest BCUT2D eigenvalue weighted by molar-refractivity contribution is -0.136. The number of carbonyl (C=O) groups is 1. The number of aliphatic hydroxyl groups excluding tert-OH is 5. The van der Waals surface area contributed by atoms with Gasteiger partial charge in [-0.15, -0.1) is 0 Å². The zero-order valence-corrected chi connectivity index (χ0v) is 6.24. The molecule has 6 heteroatoms. The van der Waals surface area contributed by atoms with Crippen LogP contribution in [0, 0.1) is 0 Å². The van der Waals surface area contributed by atoms with Gasteiger partial charge in [0.2, 0.25) is 0 Å². The molecule has 0 aromatic carbocycles. The highest BCUT2D eigenvalue weighted by Gasteiger charge is 2.29. The van der Waals surface area contributed by atoms with E-state index < -0.39 is 31.0 Å². The van der Waals surface area contributed by atoms with Crippen LogP contribution in [-0.4, -0.2) is 62.8 Å². The van der Waals surface area contributed by atoms with Crippen LogP contribution < -0.4 is 0 Å². The molecule has 0 aliphatic carbocycles. The minimum atomic E-state index is -1.79. The fourth-order valence-corrected chi connectivity index (χ4v) is 0.618. The molecule has 72 valence electrons. The summed E-state index contributed by atoms with van der Waals surface area (Å²) >= 11 is 0. The quantitative estimate of drug-likeness (QED) is 0.223. The highest BCUT2D eigenvalue weighted by atomic mass is 18.1. The van der Waals surface area contributed by atoms with Crippen molar-refractivity contribution < 1.29 is 30.3 Å². The van der Waals surface area contributed by atoms with Crippen LogP contribution in [0.4, 0.5) is 0 Å². The minimum absolute atomic E-state index is 0.0258. The molecule has 0 aromatic rings. The molecule has 0 heterocycles. The molecule has 4 atom stereocenters. The van der Waals surface area contributed by atoms with Crippen molar-refractivity contribution in [3.8, 4) is 0 Å². The van der Waals surface area contributed by atoms with E-state index in [2.05, 4.69) is 0 Å². The van der Waals surface area contributed by atoms with Crippen LogP contribution >= 0.6 is 0 Å². The van der Waals surface area contributed by atoms with E-state index in [0.717, 1.165) is 0 Å². The second-order valence-electron chi connectivity index (χ2n) is 2.36. The van der Waals surface area contributed by atoms with Crippen molar-refractivity contribution in [2.24, 2.45) is 0 Å². The molecule has 0 aliphatic rings. The number of aliphatic hydroxyl groups is 5. The van der Waals surface area contributed by atoms with E-state index in [9.17, 15) is 4.79 Å². The fraction of sp³-hybridized carbons (Fsp3) is 0.833. The van der Waals surface area contributed by atoms with Crippen LogP contribution in [0.3, 0.4) is 0 Å². The summed E-state index contributed by atoms with van der Waals surface area (Å²) in [6, 6.07) is 0. The molecule has 0 amide bonds. The molecule has 0 spiro atoms. The zero-order chi connectivity index (χ0) is 9.72. The number of aldehydes is 1. The van der Waals surface area contributed by atoms with Crippen LogP contribution in [0.5, 0.6) is 0 Å². The highest BCUT2D eigenvalue weighted by molar-refractivity contribution is 5.56. The maximum Gasteiger partial charge on any atom is 0.151 e. The van der Waals surface area contributed by atoms with Gasteiger partial charge in [0, 0.05) is 0 Å². The Balaban J connectivity index is 4.07. The van der Waals surface area contributed by atoms with Gasteiger partial charge in [0.15, 0.2) is 6.29 Å². The van der Waals surface area contributed by atoms with Gasteiger partial charge in [-0.25, -0.2) is 0 Å². The van der Waals surface area contributed by atoms with E-state index in [0.29, 0.717) is 0 Å². The van der Waals surface area contributed by atoms with Gasteiger partial charge in [-0.3, -0.25) is 0 Å². The largest absolute Gasteiger partial charge is 0.394 e. The van der Waals surface area contributed by atoms with Crippen molar-refractivity contribution in [1.82, 2.24) is 0 Å². The first-order valence-corrected chi connectivity index (χ1v) is 3.33. The predicted octanol–water partition coefficient (Wildman–Crippen LogP) is -3.38. The Hall–Kier alpha value is -0.530. The normalized spacial score (nSPS) is 21.1. The maximum absolute atomic E-state index is 9.90. The second-order valence-corrected chi connectivity index (χ2v) is 2.36. The minimum Gasteiger partial charge on any atom is -0.394 e. The maximum atomic E-state index is 9.90. The monoisotopic (exact) mass is 182 g/mol. The zero-order valence-electron chi connectivity index (χ0n) is 6.24. The van der Waals surface area contributed by atoms with Crippen LogP contribution in [0.2, 0.25) is 0 Å². The molecular formula is C6H12O6. The van der Waals surface area contributed by atoms with Crippen LogP contribution in [0.25, 0.3) is 0 Å². The van der Waals surface area contributed by atoms with Gasteiger partial charge < -0.3 is 30.3 Å². The summed E-state index contributed by atoms with van der Waals surface area (Å²) in [6.45, 7) is -0.760. The molecule has 0 unspecified atom stereocenters. The Kier molecular flexibility index (Phi) is 4.95. The first-order valence-electron chi connectivity index (χ1n) is 3.33. The standard InChI is InChI=1S/C6H12O6/c7-1-3(9)5(11)6(12)4(10)2-8/h1,3-6,8-12H,2H2/t3-,4+,5+,6+/m0/s1/i7+2. The average molecular weight is 182 g/mol. The van der Waals surface area contributed by atoms with Crippen molar-refractivity contribution in [2.75, 3.05) is 6.61 Å². The molecule has 0 bridgehead atoms. The van der Waals surface area contributed by atoms with E-state index in [4.69, 9.17) is 25.5 Å². The smallest absolute Gasteiger partial charge is 0.151 e. The topological polar surface area (TPSA) is 118 Å². The van der Waals surface area contributed by atoms with E-state index in [1.165, 1.54) is 0 Å². The third kappa shape index (κ3) is 2.84. The van der Waals surface area contributed by atoms with Gasteiger partial charge in [-0.05, 0) is 0 Å². The summed E-state index contributed by atoms with van der Waals surface area (Å²) in [7, 11) is 0. The molecule has 0 rings (SSSR count). The average Bonchev–Trinajstić information content (AvgIpc) is 2.12. The number of hydrogen-bond donors (Lipinski definition) is 5. The van der Waals surface area contributed by atoms with E-state index >= 15 is 0 Å². The molecule has 5 N–H and O–H groups in total. The van der Waals surface area contributed by atoms with Crippen LogP contribution in [0.15, 0.2) is 0 Å². The fourth-order valence-electron chi connectivity index (χ4n) is 0.618. The third-order valence-electron chi connectivity index (χ3n) is 1.42. The molecule has 0 saturated heterocycles. The van der Waals surface area contributed by atoms with E-state index in [1.54, 1.807) is 0 Å². The lowest BCUT2D eigenvalue weighted by Gasteiger charge is -2.22. The molecule has 0 radical (unpaired) electrons. The summed E-state index contributed by atoms with van der Waals surface area (Å²) in [6.07, 6.45) is -6.84. The van der Waals surface area contributed by atoms with Crippen molar-refractivity contribution in [2.45, 2.75) is 24.4 Å². The molecule has 0 fully saturated rings. The summed E-state index contributed by atoms with van der Waals surface area (Å²) in [5, 5.41) is 43.5. The van der Waals surface area contributed by atoms with Crippen molar-refractivity contribution in [1.29, 1.82) is 0 Å².